The van der Waals surface area contributed by atoms with Crippen LogP contribution in [0.1, 0.15) is 32.0 Å². The molecule has 0 radical (unpaired) electrons. The number of carbonyl (C=O) groups is 2. The summed E-state index contributed by atoms with van der Waals surface area (Å²) in [6, 6.07) is 14.2. The zero-order valence-corrected chi connectivity index (χ0v) is 14.6. The molecule has 0 atom stereocenters. The van der Waals surface area contributed by atoms with Crippen molar-refractivity contribution in [1.29, 1.82) is 0 Å². The van der Waals surface area contributed by atoms with Crippen LogP contribution in [0, 0.1) is 6.92 Å². The van der Waals surface area contributed by atoms with Gasteiger partial charge in [-0.3, -0.25) is 9.59 Å². The number of pyridine rings is 1. The Balaban J connectivity index is 1.66. The van der Waals surface area contributed by atoms with Crippen LogP contribution in [0.3, 0.4) is 0 Å². The van der Waals surface area contributed by atoms with Gasteiger partial charge in [0.05, 0.1) is 17.5 Å². The van der Waals surface area contributed by atoms with Gasteiger partial charge in [0.15, 0.2) is 5.76 Å². The van der Waals surface area contributed by atoms with Crippen molar-refractivity contribution < 1.29 is 14.0 Å². The minimum absolute atomic E-state index is 0.140. The molecule has 3 aromatic rings. The Kier molecular flexibility index (Phi) is 5.12. The predicted molar refractivity (Wildman–Crippen MR) is 97.7 cm³/mol. The first-order valence-corrected chi connectivity index (χ1v) is 8.19. The zero-order valence-electron chi connectivity index (χ0n) is 14.6. The van der Waals surface area contributed by atoms with Gasteiger partial charge in [0.25, 0.3) is 11.8 Å². The van der Waals surface area contributed by atoms with Crippen LogP contribution in [0.15, 0.2) is 59.2 Å². The van der Waals surface area contributed by atoms with Crippen molar-refractivity contribution in [3.8, 4) is 11.5 Å². The lowest BCUT2D eigenvalue weighted by Gasteiger charge is -2.09. The molecule has 0 spiro atoms. The van der Waals surface area contributed by atoms with Crippen LogP contribution in [0.5, 0.6) is 0 Å². The number of nitrogens with one attached hydrogen (secondary N) is 2. The molecule has 132 valence electrons. The van der Waals surface area contributed by atoms with E-state index in [0.717, 1.165) is 5.56 Å². The smallest absolute Gasteiger partial charge is 0.253 e. The lowest BCUT2D eigenvalue weighted by molar-refractivity contribution is 0.0945. The Hall–Kier alpha value is -3.41. The molecule has 0 bridgehead atoms. The average Bonchev–Trinajstić information content (AvgIpc) is 3.20. The number of aromatic nitrogens is 1. The van der Waals surface area contributed by atoms with Crippen LogP contribution in [0.4, 0.5) is 0 Å². The molecule has 2 aromatic heterocycles. The molecule has 0 fully saturated rings. The van der Waals surface area contributed by atoms with Gasteiger partial charge >= 0.3 is 0 Å². The van der Waals surface area contributed by atoms with E-state index in [9.17, 15) is 9.59 Å². The van der Waals surface area contributed by atoms with E-state index >= 15 is 0 Å². The number of benzene rings is 1. The summed E-state index contributed by atoms with van der Waals surface area (Å²) in [4.78, 5) is 28.4. The minimum Gasteiger partial charge on any atom is -0.463 e. The summed E-state index contributed by atoms with van der Waals surface area (Å²) in [7, 11) is 1.59. The number of hydrogen-bond acceptors (Lipinski definition) is 4. The third-order valence-corrected chi connectivity index (χ3v) is 4.00. The maximum absolute atomic E-state index is 12.4. The fourth-order valence-electron chi connectivity index (χ4n) is 2.56. The van der Waals surface area contributed by atoms with Crippen molar-refractivity contribution in [1.82, 2.24) is 15.6 Å². The van der Waals surface area contributed by atoms with Gasteiger partial charge < -0.3 is 15.1 Å². The summed E-state index contributed by atoms with van der Waals surface area (Å²) in [5.74, 6) is 0.326. The molecule has 26 heavy (non-hydrogen) atoms. The lowest BCUT2D eigenvalue weighted by Crippen LogP contribution is -2.24. The summed E-state index contributed by atoms with van der Waals surface area (Å²) in [5, 5.41) is 5.44. The van der Waals surface area contributed by atoms with E-state index in [1.807, 2.05) is 18.2 Å². The van der Waals surface area contributed by atoms with Crippen LogP contribution in [-0.4, -0.2) is 23.8 Å². The van der Waals surface area contributed by atoms with E-state index < -0.39 is 0 Å². The van der Waals surface area contributed by atoms with E-state index in [-0.39, 0.29) is 11.8 Å². The number of amides is 2. The molecule has 0 aliphatic rings. The van der Waals surface area contributed by atoms with Crippen molar-refractivity contribution in [2.75, 3.05) is 7.05 Å². The average molecular weight is 349 g/mol. The lowest BCUT2D eigenvalue weighted by atomic mass is 10.1. The molecule has 6 heteroatoms. The quantitative estimate of drug-likeness (QED) is 0.742. The topological polar surface area (TPSA) is 84.2 Å². The summed E-state index contributed by atoms with van der Waals surface area (Å²) in [6.07, 6.45) is 1.59. The van der Waals surface area contributed by atoms with Crippen LogP contribution in [-0.2, 0) is 6.54 Å². The highest BCUT2D eigenvalue weighted by molar-refractivity contribution is 5.95. The summed E-state index contributed by atoms with van der Waals surface area (Å²) in [6.45, 7) is 2.16. The molecule has 0 saturated heterocycles. The van der Waals surface area contributed by atoms with Crippen molar-refractivity contribution in [2.45, 2.75) is 13.5 Å². The molecule has 2 N–H and O–H groups in total. The second-order valence-corrected chi connectivity index (χ2v) is 5.77. The first-order valence-electron chi connectivity index (χ1n) is 8.19. The highest BCUT2D eigenvalue weighted by Gasteiger charge is 2.12. The van der Waals surface area contributed by atoms with Crippen LogP contribution in [0.25, 0.3) is 11.5 Å². The van der Waals surface area contributed by atoms with Gasteiger partial charge in [0.1, 0.15) is 5.69 Å². The van der Waals surface area contributed by atoms with Gasteiger partial charge in [0, 0.05) is 19.2 Å². The molecule has 1 aromatic carbocycles. The van der Waals surface area contributed by atoms with E-state index in [1.54, 1.807) is 50.6 Å². The van der Waals surface area contributed by atoms with Crippen LogP contribution in [0.2, 0.25) is 0 Å². The fourth-order valence-corrected chi connectivity index (χ4v) is 2.56. The number of furan rings is 1. The molecule has 2 amide bonds. The summed E-state index contributed by atoms with van der Waals surface area (Å²) in [5.41, 5.74) is 3.32. The molecule has 0 aliphatic carbocycles. The van der Waals surface area contributed by atoms with Crippen molar-refractivity contribution in [2.24, 2.45) is 0 Å². The molecule has 0 saturated carbocycles. The molecular weight excluding hydrogens is 330 g/mol. The largest absolute Gasteiger partial charge is 0.463 e. The number of carbonyl (C=O) groups excluding carboxylic acids is 2. The second-order valence-electron chi connectivity index (χ2n) is 5.77. The van der Waals surface area contributed by atoms with Gasteiger partial charge in [-0.25, -0.2) is 4.98 Å². The summed E-state index contributed by atoms with van der Waals surface area (Å²) < 4.78 is 5.32. The normalized spacial score (nSPS) is 10.4. The maximum atomic E-state index is 12.4. The monoisotopic (exact) mass is 349 g/mol. The molecule has 0 unspecified atom stereocenters. The van der Waals surface area contributed by atoms with Gasteiger partial charge in [-0.05, 0) is 48.9 Å². The zero-order chi connectivity index (χ0) is 18.5. The van der Waals surface area contributed by atoms with E-state index in [1.165, 1.54) is 0 Å². The highest BCUT2D eigenvalue weighted by Crippen LogP contribution is 2.19. The van der Waals surface area contributed by atoms with E-state index in [0.29, 0.717) is 34.8 Å². The first-order chi connectivity index (χ1) is 12.6. The molecule has 3 rings (SSSR count). The standard InChI is InChI=1S/C20H19N3O3/c1-13-16(9-10-17(23-13)18-4-3-11-26-18)20(25)22-12-14-5-7-15(8-6-14)19(24)21-2/h3-11H,12H2,1-2H3,(H,21,24)(H,22,25). The van der Waals surface area contributed by atoms with Crippen LogP contribution < -0.4 is 10.6 Å². The Morgan fingerprint density at radius 1 is 1.04 bits per heavy atom. The van der Waals surface area contributed by atoms with Crippen LogP contribution >= 0.6 is 0 Å². The first kappa shape index (κ1) is 17.4. The van der Waals surface area contributed by atoms with E-state index in [2.05, 4.69) is 15.6 Å². The Labute approximate surface area is 151 Å². The van der Waals surface area contributed by atoms with Gasteiger partial charge in [-0.2, -0.15) is 0 Å². The fraction of sp³-hybridized carbons (Fsp3) is 0.150. The van der Waals surface area contributed by atoms with Crippen molar-refractivity contribution in [3.05, 3.63) is 77.2 Å². The molecule has 2 heterocycles. The molecular formula is C20H19N3O3. The van der Waals surface area contributed by atoms with Crippen molar-refractivity contribution >= 4 is 11.8 Å². The van der Waals surface area contributed by atoms with Gasteiger partial charge in [-0.1, -0.05) is 12.1 Å². The highest BCUT2D eigenvalue weighted by atomic mass is 16.3. The SMILES string of the molecule is CNC(=O)c1ccc(CNC(=O)c2ccc(-c3ccco3)nc2C)cc1. The second kappa shape index (κ2) is 7.65. The van der Waals surface area contributed by atoms with Gasteiger partial charge in [-0.15, -0.1) is 0 Å². The van der Waals surface area contributed by atoms with E-state index in [4.69, 9.17) is 4.42 Å². The molecule has 0 aliphatic heterocycles. The molecule has 6 nitrogen and oxygen atoms in total. The third-order valence-electron chi connectivity index (χ3n) is 4.00. The maximum Gasteiger partial charge on any atom is 0.253 e. The Morgan fingerprint density at radius 2 is 1.81 bits per heavy atom. The third kappa shape index (κ3) is 3.80. The van der Waals surface area contributed by atoms with Crippen molar-refractivity contribution in [3.63, 3.8) is 0 Å². The number of hydrogen-bond donors (Lipinski definition) is 2. The Morgan fingerprint density at radius 3 is 2.42 bits per heavy atom. The Bertz CT molecular complexity index is 916. The number of nitrogens with zero attached hydrogens (tertiary/aromatic N) is 1. The number of rotatable bonds is 5. The van der Waals surface area contributed by atoms with Gasteiger partial charge in [0.2, 0.25) is 0 Å². The number of aryl methyl sites for hydroxylation is 1. The summed E-state index contributed by atoms with van der Waals surface area (Å²) >= 11 is 0. The minimum atomic E-state index is -0.198. The predicted octanol–water partition coefficient (Wildman–Crippen LogP) is 2.94.